The third-order valence-electron chi connectivity index (χ3n) is 9.81. The molecule has 7 nitrogen and oxygen atoms in total. The number of hydrogen-bond acceptors (Lipinski definition) is 7. The van der Waals surface area contributed by atoms with Gasteiger partial charge in [0.1, 0.15) is 0 Å². The van der Waals surface area contributed by atoms with Gasteiger partial charge in [-0.2, -0.15) is 0 Å². The SMILES string of the molecule is c1ccc(-c2nc(-c3cccc(-c4cccc(-c5nc(-c6ccccc6)nc(-c6ccccc6)n5)c4)c3)cc(-c3cc4cccnc4c4ncccc34)n2)cc1. The van der Waals surface area contributed by atoms with Crippen LogP contribution in [-0.4, -0.2) is 34.9 Å². The first-order chi connectivity index (χ1) is 27.7. The molecule has 0 N–H and O–H groups in total. The van der Waals surface area contributed by atoms with Crippen LogP contribution in [0.5, 0.6) is 0 Å². The highest BCUT2D eigenvalue weighted by Gasteiger charge is 2.17. The van der Waals surface area contributed by atoms with Crippen molar-refractivity contribution in [2.24, 2.45) is 0 Å². The standard InChI is InChI=1S/C49H31N7/c1-4-14-32(15-5-1)46-52-42(31-43(53-46)41-30-38-24-12-26-50-44(38)45-40(41)25-13-27-51-45)37-22-10-20-35(28-37)36-21-11-23-39(29-36)49-55-47(33-16-6-2-7-17-33)54-48(56-49)34-18-8-3-9-19-34/h1-31H. The second-order valence-electron chi connectivity index (χ2n) is 13.4. The zero-order valence-corrected chi connectivity index (χ0v) is 30.0. The van der Waals surface area contributed by atoms with E-state index < -0.39 is 0 Å². The van der Waals surface area contributed by atoms with Gasteiger partial charge in [0.05, 0.1) is 22.4 Å². The largest absolute Gasteiger partial charge is 0.254 e. The van der Waals surface area contributed by atoms with Crippen molar-refractivity contribution in [3.63, 3.8) is 0 Å². The highest BCUT2D eigenvalue weighted by atomic mass is 15.0. The molecule has 0 amide bonds. The molecule has 0 atom stereocenters. The normalized spacial score (nSPS) is 11.2. The number of nitrogens with zero attached hydrogens (tertiary/aromatic N) is 7. The molecule has 56 heavy (non-hydrogen) atoms. The van der Waals surface area contributed by atoms with Crippen LogP contribution >= 0.6 is 0 Å². The second kappa shape index (κ2) is 14.2. The number of pyridine rings is 2. The van der Waals surface area contributed by atoms with Crippen molar-refractivity contribution in [3.8, 4) is 79.2 Å². The Morgan fingerprint density at radius 3 is 1.38 bits per heavy atom. The topological polar surface area (TPSA) is 90.2 Å². The summed E-state index contributed by atoms with van der Waals surface area (Å²) in [5.74, 6) is 2.51. The van der Waals surface area contributed by atoms with Gasteiger partial charge in [-0.25, -0.2) is 24.9 Å². The lowest BCUT2D eigenvalue weighted by Crippen LogP contribution is -2.00. The number of aromatic nitrogens is 7. The lowest BCUT2D eigenvalue weighted by Gasteiger charge is -2.13. The van der Waals surface area contributed by atoms with E-state index in [1.165, 1.54) is 0 Å². The predicted octanol–water partition coefficient (Wildman–Crippen LogP) is 11.4. The van der Waals surface area contributed by atoms with Gasteiger partial charge in [-0.05, 0) is 47.5 Å². The Bertz CT molecular complexity index is 2970. The van der Waals surface area contributed by atoms with E-state index in [2.05, 4.69) is 71.7 Å². The van der Waals surface area contributed by atoms with Gasteiger partial charge < -0.3 is 0 Å². The zero-order valence-electron chi connectivity index (χ0n) is 30.0. The van der Waals surface area contributed by atoms with Gasteiger partial charge in [0.2, 0.25) is 0 Å². The molecule has 10 aromatic rings. The molecule has 0 aliphatic rings. The molecule has 0 saturated carbocycles. The molecule has 0 bridgehead atoms. The molecular formula is C49H31N7. The minimum Gasteiger partial charge on any atom is -0.254 e. The van der Waals surface area contributed by atoms with Crippen LogP contribution in [0.25, 0.3) is 101 Å². The molecule has 4 aromatic heterocycles. The first-order valence-electron chi connectivity index (χ1n) is 18.4. The summed E-state index contributed by atoms with van der Waals surface area (Å²) in [5, 5.41) is 1.99. The van der Waals surface area contributed by atoms with Gasteiger partial charge in [-0.1, -0.05) is 140 Å². The Kier molecular flexibility index (Phi) is 8.35. The maximum Gasteiger partial charge on any atom is 0.164 e. The molecule has 0 radical (unpaired) electrons. The summed E-state index contributed by atoms with van der Waals surface area (Å²) < 4.78 is 0. The predicted molar refractivity (Wildman–Crippen MR) is 224 cm³/mol. The molecule has 10 rings (SSSR count). The second-order valence-corrected chi connectivity index (χ2v) is 13.4. The van der Waals surface area contributed by atoms with Gasteiger partial charge in [-0.15, -0.1) is 0 Å². The molecule has 0 saturated heterocycles. The maximum absolute atomic E-state index is 5.16. The Hall–Kier alpha value is -7.77. The monoisotopic (exact) mass is 717 g/mol. The molecule has 0 aliphatic carbocycles. The van der Waals surface area contributed by atoms with E-state index in [4.69, 9.17) is 29.9 Å². The van der Waals surface area contributed by atoms with Gasteiger partial charge in [0.15, 0.2) is 23.3 Å². The summed E-state index contributed by atoms with van der Waals surface area (Å²) in [7, 11) is 0. The molecule has 7 heteroatoms. The Labute approximate surface area is 323 Å². The number of rotatable bonds is 7. The van der Waals surface area contributed by atoms with Crippen LogP contribution in [0.15, 0.2) is 188 Å². The van der Waals surface area contributed by atoms with Crippen LogP contribution in [0.2, 0.25) is 0 Å². The van der Waals surface area contributed by atoms with E-state index in [-0.39, 0.29) is 0 Å². The van der Waals surface area contributed by atoms with E-state index in [0.717, 1.165) is 77.7 Å². The van der Waals surface area contributed by atoms with E-state index in [1.54, 1.807) is 0 Å². The fourth-order valence-corrected chi connectivity index (χ4v) is 7.07. The molecular weight excluding hydrogens is 687 g/mol. The smallest absolute Gasteiger partial charge is 0.164 e. The average Bonchev–Trinajstić information content (AvgIpc) is 3.29. The summed E-state index contributed by atoms with van der Waals surface area (Å²) >= 11 is 0. The van der Waals surface area contributed by atoms with Crippen molar-refractivity contribution in [2.45, 2.75) is 0 Å². The highest BCUT2D eigenvalue weighted by Crippen LogP contribution is 2.36. The van der Waals surface area contributed by atoms with Crippen LogP contribution in [0.1, 0.15) is 0 Å². The van der Waals surface area contributed by atoms with Gasteiger partial charge in [0.25, 0.3) is 0 Å². The minimum absolute atomic E-state index is 0.607. The fraction of sp³-hybridized carbons (Fsp3) is 0. The third kappa shape index (κ3) is 6.33. The van der Waals surface area contributed by atoms with Gasteiger partial charge in [0, 0.05) is 56.5 Å². The van der Waals surface area contributed by atoms with Crippen molar-refractivity contribution < 1.29 is 0 Å². The lowest BCUT2D eigenvalue weighted by atomic mass is 9.97. The van der Waals surface area contributed by atoms with Crippen LogP contribution < -0.4 is 0 Å². The Balaban J connectivity index is 1.09. The number of fused-ring (bicyclic) bond motifs is 3. The van der Waals surface area contributed by atoms with Gasteiger partial charge in [-0.3, -0.25) is 9.97 Å². The molecule has 262 valence electrons. The molecule has 4 heterocycles. The zero-order chi connectivity index (χ0) is 37.3. The van der Waals surface area contributed by atoms with E-state index in [9.17, 15) is 0 Å². The van der Waals surface area contributed by atoms with Crippen LogP contribution in [-0.2, 0) is 0 Å². The third-order valence-corrected chi connectivity index (χ3v) is 9.81. The summed E-state index contributed by atoms with van der Waals surface area (Å²) in [6.45, 7) is 0. The van der Waals surface area contributed by atoms with Crippen molar-refractivity contribution in [1.29, 1.82) is 0 Å². The van der Waals surface area contributed by atoms with Crippen molar-refractivity contribution in [1.82, 2.24) is 34.9 Å². The lowest BCUT2D eigenvalue weighted by molar-refractivity contribution is 1.07. The minimum atomic E-state index is 0.607. The Morgan fingerprint density at radius 1 is 0.286 bits per heavy atom. The van der Waals surface area contributed by atoms with Gasteiger partial charge >= 0.3 is 0 Å². The van der Waals surface area contributed by atoms with Crippen molar-refractivity contribution in [2.75, 3.05) is 0 Å². The molecule has 0 fully saturated rings. The quantitative estimate of drug-likeness (QED) is 0.152. The first-order valence-corrected chi connectivity index (χ1v) is 18.4. The summed E-state index contributed by atoms with van der Waals surface area (Å²) in [6, 6.07) is 59.3. The molecule has 0 spiro atoms. The average molecular weight is 718 g/mol. The number of benzene rings is 6. The van der Waals surface area contributed by atoms with Crippen LogP contribution in [0.4, 0.5) is 0 Å². The molecule has 6 aromatic carbocycles. The van der Waals surface area contributed by atoms with Crippen molar-refractivity contribution in [3.05, 3.63) is 188 Å². The maximum atomic E-state index is 5.16. The first kappa shape index (κ1) is 32.8. The fourth-order valence-electron chi connectivity index (χ4n) is 7.07. The summed E-state index contributed by atoms with van der Waals surface area (Å²) in [4.78, 5) is 34.5. The summed E-state index contributed by atoms with van der Waals surface area (Å²) in [6.07, 6.45) is 3.62. The highest BCUT2D eigenvalue weighted by molar-refractivity contribution is 6.09. The summed E-state index contributed by atoms with van der Waals surface area (Å²) in [5.41, 5.74) is 11.0. The van der Waals surface area contributed by atoms with E-state index in [0.29, 0.717) is 23.3 Å². The van der Waals surface area contributed by atoms with Crippen molar-refractivity contribution >= 4 is 21.8 Å². The van der Waals surface area contributed by atoms with Crippen LogP contribution in [0.3, 0.4) is 0 Å². The molecule has 0 aliphatic heterocycles. The van der Waals surface area contributed by atoms with E-state index in [1.807, 2.05) is 122 Å². The number of hydrogen-bond donors (Lipinski definition) is 0. The molecule has 0 unspecified atom stereocenters. The van der Waals surface area contributed by atoms with E-state index >= 15 is 0 Å². The Morgan fingerprint density at radius 2 is 0.750 bits per heavy atom. The van der Waals surface area contributed by atoms with Crippen LogP contribution in [0, 0.1) is 0 Å².